The highest BCUT2D eigenvalue weighted by atomic mass is 32.2. The fourth-order valence-electron chi connectivity index (χ4n) is 4.98. The number of amides is 1. The molecule has 0 spiro atoms. The van der Waals surface area contributed by atoms with Crippen LogP contribution in [0.4, 0.5) is 0 Å². The van der Waals surface area contributed by atoms with E-state index in [0.717, 1.165) is 41.3 Å². The molecule has 0 saturated heterocycles. The summed E-state index contributed by atoms with van der Waals surface area (Å²) in [5.41, 5.74) is 4.61. The molecule has 1 aliphatic rings. The van der Waals surface area contributed by atoms with Crippen LogP contribution < -0.4 is 5.32 Å². The molecule has 1 fully saturated rings. The minimum absolute atomic E-state index is 0.339. The predicted octanol–water partition coefficient (Wildman–Crippen LogP) is 6.00. The fourth-order valence-corrected chi connectivity index (χ4v) is 5.46. The first kappa shape index (κ1) is 27.3. The van der Waals surface area contributed by atoms with E-state index in [9.17, 15) is 14.7 Å². The number of carbonyl (C=O) groups excluding carboxylic acids is 1. The second-order valence-electron chi connectivity index (χ2n) is 9.87. The summed E-state index contributed by atoms with van der Waals surface area (Å²) in [5.74, 6) is 0.191. The number of aliphatic carboxylic acids is 1. The average Bonchev–Trinajstić information content (AvgIpc) is 2.86. The van der Waals surface area contributed by atoms with Gasteiger partial charge in [0.15, 0.2) is 0 Å². The Balaban J connectivity index is 1.80. The second kappa shape index (κ2) is 13.7. The van der Waals surface area contributed by atoms with Crippen LogP contribution in [-0.4, -0.2) is 53.5 Å². The maximum absolute atomic E-state index is 13.2. The van der Waals surface area contributed by atoms with E-state index in [0.29, 0.717) is 17.7 Å². The van der Waals surface area contributed by atoms with Gasteiger partial charge in [0.05, 0.1) is 0 Å². The quantitative estimate of drug-likeness (QED) is 0.377. The van der Waals surface area contributed by atoms with Gasteiger partial charge in [0.2, 0.25) is 0 Å². The van der Waals surface area contributed by atoms with Crippen LogP contribution >= 0.6 is 11.8 Å². The van der Waals surface area contributed by atoms with Gasteiger partial charge in [-0.1, -0.05) is 62.4 Å². The third kappa shape index (κ3) is 8.11. The molecule has 1 unspecified atom stereocenters. The summed E-state index contributed by atoms with van der Waals surface area (Å²) in [5, 5.41) is 12.3. The molecule has 35 heavy (non-hydrogen) atoms. The molecule has 0 aliphatic heterocycles. The van der Waals surface area contributed by atoms with Crippen molar-refractivity contribution in [3.05, 3.63) is 59.2 Å². The minimum atomic E-state index is -0.999. The molecule has 0 bridgehead atoms. The van der Waals surface area contributed by atoms with Crippen LogP contribution in [0.1, 0.15) is 66.4 Å². The standard InChI is InChI=1S/C29H40N2O3S/c1-21-9-7-8-12-24(21)26-19-23(20-31(2)17-15-22-10-5-4-6-11-22)13-14-25(26)28(32)30-27(29(33)34)16-18-35-3/h7-9,12-14,19,22,27H,4-6,10-11,15-18,20H2,1-3H3,(H,30,32)(H,33,34). The molecular weight excluding hydrogens is 456 g/mol. The predicted molar refractivity (Wildman–Crippen MR) is 146 cm³/mol. The third-order valence-electron chi connectivity index (χ3n) is 7.07. The highest BCUT2D eigenvalue weighted by Gasteiger charge is 2.23. The Morgan fingerprint density at radius 3 is 2.54 bits per heavy atom. The van der Waals surface area contributed by atoms with Gasteiger partial charge in [-0.05, 0) is 85.7 Å². The first-order valence-electron chi connectivity index (χ1n) is 12.8. The van der Waals surface area contributed by atoms with Gasteiger partial charge in [-0.15, -0.1) is 0 Å². The van der Waals surface area contributed by atoms with E-state index >= 15 is 0 Å². The summed E-state index contributed by atoms with van der Waals surface area (Å²) < 4.78 is 0. The van der Waals surface area contributed by atoms with E-state index in [2.05, 4.69) is 23.3 Å². The number of hydrogen-bond acceptors (Lipinski definition) is 4. The minimum Gasteiger partial charge on any atom is -0.480 e. The molecule has 2 aromatic carbocycles. The monoisotopic (exact) mass is 496 g/mol. The topological polar surface area (TPSA) is 69.6 Å². The number of nitrogens with zero attached hydrogens (tertiary/aromatic N) is 1. The van der Waals surface area contributed by atoms with Crippen molar-refractivity contribution in [3.63, 3.8) is 0 Å². The molecule has 1 amide bonds. The highest BCUT2D eigenvalue weighted by Crippen LogP contribution is 2.29. The van der Waals surface area contributed by atoms with Crippen molar-refractivity contribution in [3.8, 4) is 11.1 Å². The van der Waals surface area contributed by atoms with Crippen molar-refractivity contribution < 1.29 is 14.7 Å². The van der Waals surface area contributed by atoms with E-state index in [1.807, 2.05) is 49.6 Å². The molecule has 6 heteroatoms. The van der Waals surface area contributed by atoms with Crippen LogP contribution in [0.5, 0.6) is 0 Å². The number of benzene rings is 2. The van der Waals surface area contributed by atoms with Gasteiger partial charge in [0.25, 0.3) is 5.91 Å². The molecule has 190 valence electrons. The zero-order chi connectivity index (χ0) is 25.2. The van der Waals surface area contributed by atoms with Crippen LogP contribution in [0.15, 0.2) is 42.5 Å². The van der Waals surface area contributed by atoms with Crippen LogP contribution in [0.25, 0.3) is 11.1 Å². The van der Waals surface area contributed by atoms with Crippen molar-refractivity contribution in [2.75, 3.05) is 25.6 Å². The lowest BCUT2D eigenvalue weighted by Crippen LogP contribution is -2.41. The van der Waals surface area contributed by atoms with Gasteiger partial charge in [0.1, 0.15) is 6.04 Å². The summed E-state index contributed by atoms with van der Waals surface area (Å²) in [7, 11) is 2.17. The molecule has 0 heterocycles. The van der Waals surface area contributed by atoms with Gasteiger partial charge in [0, 0.05) is 12.1 Å². The van der Waals surface area contributed by atoms with Crippen LogP contribution in [0, 0.1) is 12.8 Å². The van der Waals surface area contributed by atoms with E-state index in [4.69, 9.17) is 0 Å². The van der Waals surface area contributed by atoms with E-state index < -0.39 is 12.0 Å². The fraction of sp³-hybridized carbons (Fsp3) is 0.517. The summed E-state index contributed by atoms with van der Waals surface area (Å²) in [6.07, 6.45) is 10.4. The maximum atomic E-state index is 13.2. The number of nitrogens with one attached hydrogen (secondary N) is 1. The lowest BCUT2D eigenvalue weighted by atomic mass is 9.87. The van der Waals surface area contributed by atoms with Crippen LogP contribution in [0.3, 0.4) is 0 Å². The molecule has 0 aromatic heterocycles. The lowest BCUT2D eigenvalue weighted by Gasteiger charge is -2.25. The molecule has 2 aromatic rings. The number of carbonyl (C=O) groups is 2. The molecule has 5 nitrogen and oxygen atoms in total. The molecular formula is C29H40N2O3S. The number of carboxylic acid groups (broad SMARTS) is 1. The number of carboxylic acids is 1. The van der Waals surface area contributed by atoms with Gasteiger partial charge < -0.3 is 15.3 Å². The van der Waals surface area contributed by atoms with Gasteiger partial charge in [-0.25, -0.2) is 4.79 Å². The van der Waals surface area contributed by atoms with E-state index in [1.54, 1.807) is 11.8 Å². The zero-order valence-electron chi connectivity index (χ0n) is 21.4. The third-order valence-corrected chi connectivity index (χ3v) is 7.72. The number of rotatable bonds is 12. The van der Waals surface area contributed by atoms with Crippen molar-refractivity contribution in [1.82, 2.24) is 10.2 Å². The Kier molecular flexibility index (Phi) is 10.7. The van der Waals surface area contributed by atoms with Gasteiger partial charge in [-0.3, -0.25) is 4.79 Å². The van der Waals surface area contributed by atoms with Crippen molar-refractivity contribution in [2.24, 2.45) is 5.92 Å². The first-order chi connectivity index (χ1) is 16.9. The first-order valence-corrected chi connectivity index (χ1v) is 14.2. The second-order valence-corrected chi connectivity index (χ2v) is 10.9. The number of thioether (sulfide) groups is 1. The molecule has 2 N–H and O–H groups in total. The summed E-state index contributed by atoms with van der Waals surface area (Å²) in [4.78, 5) is 27.3. The van der Waals surface area contributed by atoms with Gasteiger partial charge in [-0.2, -0.15) is 11.8 Å². The number of hydrogen-bond donors (Lipinski definition) is 2. The van der Waals surface area contributed by atoms with Crippen molar-refractivity contribution in [1.29, 1.82) is 0 Å². The Morgan fingerprint density at radius 2 is 1.86 bits per heavy atom. The Morgan fingerprint density at radius 1 is 1.11 bits per heavy atom. The van der Waals surface area contributed by atoms with Crippen LogP contribution in [0.2, 0.25) is 0 Å². The smallest absolute Gasteiger partial charge is 0.326 e. The molecule has 1 saturated carbocycles. The Hall–Kier alpha value is -2.31. The summed E-state index contributed by atoms with van der Waals surface area (Å²) in [6, 6.07) is 13.1. The van der Waals surface area contributed by atoms with Crippen molar-refractivity contribution >= 4 is 23.6 Å². The summed E-state index contributed by atoms with van der Waals surface area (Å²) in [6.45, 7) is 3.93. The zero-order valence-corrected chi connectivity index (χ0v) is 22.2. The molecule has 1 aliphatic carbocycles. The molecule has 1 atom stereocenters. The lowest BCUT2D eigenvalue weighted by molar-refractivity contribution is -0.139. The normalized spacial score (nSPS) is 15.2. The number of aryl methyl sites for hydroxylation is 1. The maximum Gasteiger partial charge on any atom is 0.326 e. The Labute approximate surface area is 214 Å². The highest BCUT2D eigenvalue weighted by molar-refractivity contribution is 7.98. The summed E-state index contributed by atoms with van der Waals surface area (Å²) >= 11 is 1.57. The van der Waals surface area contributed by atoms with E-state index in [-0.39, 0.29) is 5.91 Å². The van der Waals surface area contributed by atoms with Gasteiger partial charge >= 0.3 is 5.97 Å². The molecule has 3 rings (SSSR count). The van der Waals surface area contributed by atoms with Crippen LogP contribution in [-0.2, 0) is 11.3 Å². The largest absolute Gasteiger partial charge is 0.480 e. The Bertz CT molecular complexity index is 988. The van der Waals surface area contributed by atoms with Crippen molar-refractivity contribution in [2.45, 2.75) is 64.5 Å². The van der Waals surface area contributed by atoms with E-state index in [1.165, 1.54) is 38.5 Å². The average molecular weight is 497 g/mol. The molecule has 0 radical (unpaired) electrons. The SMILES string of the molecule is CSCCC(NC(=O)c1ccc(CN(C)CCC2CCCCC2)cc1-c1ccccc1C)C(=O)O.